The molecule has 6 atom stereocenters. The summed E-state index contributed by atoms with van der Waals surface area (Å²) in [7, 11) is 0. The normalized spacial score (nSPS) is 14.2. The van der Waals surface area contributed by atoms with Crippen LogP contribution in [-0.4, -0.2) is 83.4 Å². The van der Waals surface area contributed by atoms with Gasteiger partial charge in [0.05, 0.1) is 12.1 Å². The average molecular weight is 867 g/mol. The Bertz CT molecular complexity index is 2310. The Kier molecular flexibility index (Phi) is 16.5. The molecule has 6 aromatic carbocycles. The maximum Gasteiger partial charge on any atom is 0.258 e. The van der Waals surface area contributed by atoms with Crippen LogP contribution in [0.4, 0.5) is 0 Å². The van der Waals surface area contributed by atoms with Gasteiger partial charge in [-0.25, -0.2) is 0 Å². The van der Waals surface area contributed by atoms with Gasteiger partial charge >= 0.3 is 0 Å². The lowest BCUT2D eigenvalue weighted by Crippen LogP contribution is -2.61. The van der Waals surface area contributed by atoms with Gasteiger partial charge < -0.3 is 41.0 Å². The van der Waals surface area contributed by atoms with E-state index in [9.17, 15) is 29.4 Å². The molecular formula is C52H58N4O8. The highest BCUT2D eigenvalue weighted by Crippen LogP contribution is 2.22. The number of amides is 4. The van der Waals surface area contributed by atoms with Gasteiger partial charge in [-0.3, -0.25) is 19.2 Å². The fraction of sp³-hybridized carbons (Fsp3) is 0.308. The number of aliphatic hydroxyl groups is 2. The van der Waals surface area contributed by atoms with Crippen LogP contribution in [0.2, 0.25) is 0 Å². The largest absolute Gasteiger partial charge is 0.484 e. The van der Waals surface area contributed by atoms with Crippen molar-refractivity contribution in [3.8, 4) is 11.5 Å². The summed E-state index contributed by atoms with van der Waals surface area (Å²) < 4.78 is 11.6. The minimum absolute atomic E-state index is 0.114. The topological polar surface area (TPSA) is 175 Å². The Morgan fingerprint density at radius 2 is 0.797 bits per heavy atom. The summed E-state index contributed by atoms with van der Waals surface area (Å²) in [6, 6.07) is 40.8. The molecule has 0 aromatic heterocycles. The van der Waals surface area contributed by atoms with Crippen LogP contribution in [0.25, 0.3) is 21.5 Å². The van der Waals surface area contributed by atoms with E-state index >= 15 is 0 Å². The Hall–Kier alpha value is -6.76. The predicted octanol–water partition coefficient (Wildman–Crippen LogP) is 5.91. The summed E-state index contributed by atoms with van der Waals surface area (Å²) in [6.07, 6.45) is -2.99. The zero-order valence-corrected chi connectivity index (χ0v) is 36.6. The van der Waals surface area contributed by atoms with Gasteiger partial charge in [-0.2, -0.15) is 0 Å². The molecule has 0 saturated heterocycles. The molecule has 0 unspecified atom stereocenters. The highest BCUT2D eigenvalue weighted by Gasteiger charge is 2.37. The van der Waals surface area contributed by atoms with E-state index in [2.05, 4.69) is 21.3 Å². The molecule has 0 aliphatic heterocycles. The van der Waals surface area contributed by atoms with Crippen molar-refractivity contribution in [2.24, 2.45) is 11.8 Å². The van der Waals surface area contributed by atoms with Gasteiger partial charge in [0.1, 0.15) is 35.8 Å². The van der Waals surface area contributed by atoms with Crippen LogP contribution in [0.15, 0.2) is 146 Å². The summed E-state index contributed by atoms with van der Waals surface area (Å²) >= 11 is 0. The third-order valence-electron chi connectivity index (χ3n) is 11.1. The molecule has 0 bridgehead atoms. The minimum Gasteiger partial charge on any atom is -0.484 e. The lowest BCUT2D eigenvalue weighted by Gasteiger charge is -2.35. The van der Waals surface area contributed by atoms with Crippen molar-refractivity contribution < 1.29 is 38.9 Å². The maximum absolute atomic E-state index is 14.1. The molecule has 0 spiro atoms. The van der Waals surface area contributed by atoms with E-state index in [0.29, 0.717) is 11.5 Å². The van der Waals surface area contributed by atoms with Gasteiger partial charge in [0, 0.05) is 0 Å². The van der Waals surface area contributed by atoms with Gasteiger partial charge in [0.15, 0.2) is 13.2 Å². The van der Waals surface area contributed by atoms with E-state index in [-0.39, 0.29) is 37.9 Å². The standard InChI is InChI=1S/C52H58N4O8/c1-33(2)47(55-45(57)31-63-41-25-23-37-19-11-13-21-39(37)29-41)51(61)53-43(27-35-15-7-5-8-16-35)49(59)50(60)44(28-36-17-9-6-10-18-36)54-52(62)48(34(3)4)56-46(58)32-64-42-26-24-38-20-12-14-22-40(38)30-42/h5-26,29-30,33-34,43-44,47-50,59-60H,27-28,31-32H2,1-4H3,(H,53,61)(H,54,62)(H,55,57)(H,56,58)/t43-,44-,47-,48-,49+,50+/m0/s1. The summed E-state index contributed by atoms with van der Waals surface area (Å²) in [5.74, 6) is -1.89. The third-order valence-corrected chi connectivity index (χ3v) is 11.1. The summed E-state index contributed by atoms with van der Waals surface area (Å²) in [5, 5.41) is 39.5. The van der Waals surface area contributed by atoms with Crippen LogP contribution in [-0.2, 0) is 32.0 Å². The van der Waals surface area contributed by atoms with Crippen LogP contribution in [0.5, 0.6) is 11.5 Å². The van der Waals surface area contributed by atoms with E-state index < -0.39 is 60.0 Å². The number of hydrogen-bond acceptors (Lipinski definition) is 8. The van der Waals surface area contributed by atoms with E-state index in [1.165, 1.54) is 0 Å². The molecule has 6 rings (SSSR count). The zero-order valence-electron chi connectivity index (χ0n) is 36.6. The first-order chi connectivity index (χ1) is 30.8. The fourth-order valence-electron chi connectivity index (χ4n) is 7.58. The van der Waals surface area contributed by atoms with Crippen LogP contribution >= 0.6 is 0 Å². The fourth-order valence-corrected chi connectivity index (χ4v) is 7.58. The molecule has 0 radical (unpaired) electrons. The quantitative estimate of drug-likeness (QED) is 0.0518. The molecule has 0 aliphatic carbocycles. The molecule has 0 aliphatic rings. The molecule has 6 N–H and O–H groups in total. The van der Waals surface area contributed by atoms with Crippen molar-refractivity contribution >= 4 is 45.2 Å². The maximum atomic E-state index is 14.1. The highest BCUT2D eigenvalue weighted by atomic mass is 16.5. The molecule has 12 nitrogen and oxygen atoms in total. The number of aliphatic hydroxyl groups excluding tert-OH is 2. The van der Waals surface area contributed by atoms with Crippen molar-refractivity contribution in [3.05, 3.63) is 157 Å². The lowest BCUT2D eigenvalue weighted by molar-refractivity contribution is -0.133. The second kappa shape index (κ2) is 22.5. The SMILES string of the molecule is CC(C)[C@H](NC(=O)COc1ccc2ccccc2c1)C(=O)N[C@@H](Cc1ccccc1)[C@@H](O)[C@H](O)[C@H](Cc1ccccc1)NC(=O)[C@@H](NC(=O)COc1ccc2ccccc2c1)C(C)C. The molecule has 0 fully saturated rings. The Balaban J connectivity index is 1.15. The van der Waals surface area contributed by atoms with Gasteiger partial charge in [0.25, 0.3) is 11.8 Å². The molecule has 0 heterocycles. The number of rotatable bonds is 21. The zero-order chi connectivity index (χ0) is 45.6. The lowest BCUT2D eigenvalue weighted by atomic mass is 9.90. The van der Waals surface area contributed by atoms with Crippen molar-refractivity contribution in [3.63, 3.8) is 0 Å². The summed E-state index contributed by atoms with van der Waals surface area (Å²) in [6.45, 7) is 6.49. The van der Waals surface area contributed by atoms with E-state index in [4.69, 9.17) is 9.47 Å². The first kappa shape index (κ1) is 46.7. The molecule has 334 valence electrons. The van der Waals surface area contributed by atoms with Crippen LogP contribution < -0.4 is 30.7 Å². The number of ether oxygens (including phenoxy) is 2. The minimum atomic E-state index is -1.61. The molecule has 64 heavy (non-hydrogen) atoms. The second-order valence-electron chi connectivity index (χ2n) is 16.8. The predicted molar refractivity (Wildman–Crippen MR) is 249 cm³/mol. The Morgan fingerprint density at radius 3 is 1.16 bits per heavy atom. The second-order valence-corrected chi connectivity index (χ2v) is 16.8. The monoisotopic (exact) mass is 866 g/mol. The van der Waals surface area contributed by atoms with Crippen molar-refractivity contribution in [1.82, 2.24) is 21.3 Å². The summed E-state index contributed by atoms with van der Waals surface area (Å²) in [5.41, 5.74) is 1.54. The first-order valence-corrected chi connectivity index (χ1v) is 21.7. The van der Waals surface area contributed by atoms with Crippen LogP contribution in [0, 0.1) is 11.8 Å². The van der Waals surface area contributed by atoms with Gasteiger partial charge in [0.2, 0.25) is 11.8 Å². The Morgan fingerprint density at radius 1 is 0.453 bits per heavy atom. The van der Waals surface area contributed by atoms with Crippen molar-refractivity contribution in [1.29, 1.82) is 0 Å². The highest BCUT2D eigenvalue weighted by molar-refractivity contribution is 5.90. The molecule has 0 saturated carbocycles. The van der Waals surface area contributed by atoms with Crippen LogP contribution in [0.1, 0.15) is 38.8 Å². The Labute approximate surface area is 374 Å². The van der Waals surface area contributed by atoms with Gasteiger partial charge in [-0.05, 0) is 81.6 Å². The van der Waals surface area contributed by atoms with Gasteiger partial charge in [-0.1, -0.05) is 149 Å². The molecule has 12 heteroatoms. The number of benzene rings is 6. The number of nitrogens with one attached hydrogen (secondary N) is 4. The van der Waals surface area contributed by atoms with E-state index in [0.717, 1.165) is 32.7 Å². The van der Waals surface area contributed by atoms with Gasteiger partial charge in [-0.15, -0.1) is 0 Å². The number of fused-ring (bicyclic) bond motifs is 2. The molecule has 6 aromatic rings. The van der Waals surface area contributed by atoms with E-state index in [1.54, 1.807) is 39.8 Å². The smallest absolute Gasteiger partial charge is 0.258 e. The number of carbonyl (C=O) groups is 4. The van der Waals surface area contributed by atoms with E-state index in [1.807, 2.05) is 133 Å². The third kappa shape index (κ3) is 13.1. The average Bonchev–Trinajstić information content (AvgIpc) is 3.30. The van der Waals surface area contributed by atoms with Crippen molar-refractivity contribution in [2.45, 2.75) is 76.9 Å². The summed E-state index contributed by atoms with van der Waals surface area (Å²) in [4.78, 5) is 54.6. The van der Waals surface area contributed by atoms with Crippen LogP contribution in [0.3, 0.4) is 0 Å². The number of carbonyl (C=O) groups excluding carboxylic acids is 4. The molecular weight excluding hydrogens is 809 g/mol. The van der Waals surface area contributed by atoms with Crippen molar-refractivity contribution in [2.75, 3.05) is 13.2 Å². The molecule has 4 amide bonds. The first-order valence-electron chi connectivity index (χ1n) is 21.7. The number of hydrogen-bond donors (Lipinski definition) is 6.